The Labute approximate surface area is 236 Å². The molecule has 7 rings (SSSR count). The van der Waals surface area contributed by atoms with Gasteiger partial charge < -0.3 is 20.5 Å². The average molecular weight is 556 g/mol. The Hall–Kier alpha value is -4.22. The van der Waals surface area contributed by atoms with Crippen molar-refractivity contribution in [1.82, 2.24) is 24.7 Å². The minimum atomic E-state index is -0.487. The number of aliphatic hydroxyl groups is 1. The molecule has 2 aromatic carbocycles. The van der Waals surface area contributed by atoms with Gasteiger partial charge in [0.1, 0.15) is 11.6 Å². The second kappa shape index (κ2) is 10.3. The second-order valence-electron chi connectivity index (χ2n) is 10.9. The van der Waals surface area contributed by atoms with Crippen LogP contribution in [0, 0.1) is 5.82 Å². The van der Waals surface area contributed by atoms with E-state index in [2.05, 4.69) is 20.1 Å². The molecule has 0 unspecified atom stereocenters. The van der Waals surface area contributed by atoms with E-state index in [1.54, 1.807) is 24.4 Å². The number of benzene rings is 2. The van der Waals surface area contributed by atoms with Gasteiger partial charge in [0, 0.05) is 36.9 Å². The van der Waals surface area contributed by atoms with E-state index in [0.717, 1.165) is 42.6 Å². The van der Waals surface area contributed by atoms with Crippen molar-refractivity contribution in [3.8, 4) is 11.4 Å². The summed E-state index contributed by atoms with van der Waals surface area (Å²) in [5.74, 6) is 0.294. The van der Waals surface area contributed by atoms with Crippen molar-refractivity contribution < 1.29 is 19.0 Å². The van der Waals surface area contributed by atoms with Crippen LogP contribution in [-0.4, -0.2) is 55.5 Å². The molecule has 0 radical (unpaired) electrons. The van der Waals surface area contributed by atoms with E-state index in [9.17, 15) is 9.90 Å². The molecule has 1 saturated carbocycles. The molecule has 0 bridgehead atoms. The number of aromatic nitrogens is 5. The Kier molecular flexibility index (Phi) is 6.47. The highest BCUT2D eigenvalue weighted by atomic mass is 19.1. The van der Waals surface area contributed by atoms with Gasteiger partial charge in [-0.05, 0) is 60.4 Å². The van der Waals surface area contributed by atoms with Crippen LogP contribution < -0.4 is 10.6 Å². The summed E-state index contributed by atoms with van der Waals surface area (Å²) in [7, 11) is 0. The molecule has 4 aromatic rings. The molecule has 3 aliphatic rings. The van der Waals surface area contributed by atoms with Gasteiger partial charge in [-0.2, -0.15) is 15.1 Å². The molecule has 1 amide bonds. The van der Waals surface area contributed by atoms with Gasteiger partial charge in [0.25, 0.3) is 5.91 Å². The number of carbonyl (C=O) groups is 1. The van der Waals surface area contributed by atoms with Gasteiger partial charge in [0.2, 0.25) is 5.95 Å². The molecule has 0 spiro atoms. The summed E-state index contributed by atoms with van der Waals surface area (Å²) in [5, 5.41) is 14.9. The van der Waals surface area contributed by atoms with Crippen LogP contribution in [0.15, 0.2) is 42.7 Å². The number of fused-ring (bicyclic) bond motifs is 1. The first-order valence-corrected chi connectivity index (χ1v) is 14.0. The first kappa shape index (κ1) is 25.7. The SMILES string of the molecule is Nc1nc(Cc2cnn([C@@H]3CCOC3)c2)nc(-c2cccc(N3CCc4cc(C5CC5)cc(F)c4C3=O)c2CO)n1. The van der Waals surface area contributed by atoms with Crippen molar-refractivity contribution in [2.75, 3.05) is 30.4 Å². The molecule has 1 saturated heterocycles. The number of amides is 1. The zero-order chi connectivity index (χ0) is 28.1. The van der Waals surface area contributed by atoms with Gasteiger partial charge in [-0.15, -0.1) is 0 Å². The van der Waals surface area contributed by atoms with Crippen LogP contribution in [0.5, 0.6) is 0 Å². The maximum absolute atomic E-state index is 15.2. The number of rotatable bonds is 7. The molecule has 11 heteroatoms. The zero-order valence-corrected chi connectivity index (χ0v) is 22.5. The number of aliphatic hydroxyl groups excluding tert-OH is 1. The van der Waals surface area contributed by atoms with Crippen molar-refractivity contribution in [3.05, 3.63) is 82.2 Å². The van der Waals surface area contributed by atoms with Crippen molar-refractivity contribution in [2.24, 2.45) is 0 Å². The van der Waals surface area contributed by atoms with E-state index in [4.69, 9.17) is 10.5 Å². The predicted molar refractivity (Wildman–Crippen MR) is 149 cm³/mol. The molecule has 210 valence electrons. The number of anilines is 2. The Bertz CT molecular complexity index is 1650. The summed E-state index contributed by atoms with van der Waals surface area (Å²) >= 11 is 0. The van der Waals surface area contributed by atoms with Crippen molar-refractivity contribution >= 4 is 17.5 Å². The summed E-state index contributed by atoms with van der Waals surface area (Å²) in [6, 6.07) is 9.00. The van der Waals surface area contributed by atoms with Gasteiger partial charge in [0.05, 0.1) is 36.7 Å². The largest absolute Gasteiger partial charge is 0.392 e. The Morgan fingerprint density at radius 1 is 1.15 bits per heavy atom. The number of ether oxygens (including phenoxy) is 1. The number of carbonyl (C=O) groups excluding carboxylic acids is 1. The summed E-state index contributed by atoms with van der Waals surface area (Å²) < 4.78 is 22.6. The lowest BCUT2D eigenvalue weighted by atomic mass is 9.93. The van der Waals surface area contributed by atoms with Gasteiger partial charge in [-0.3, -0.25) is 9.48 Å². The molecule has 3 N–H and O–H groups in total. The number of nitrogen functional groups attached to an aromatic ring is 1. The fourth-order valence-corrected chi connectivity index (χ4v) is 5.90. The second-order valence-corrected chi connectivity index (χ2v) is 10.9. The lowest BCUT2D eigenvalue weighted by molar-refractivity contribution is 0.0976. The lowest BCUT2D eigenvalue weighted by Gasteiger charge is -2.31. The van der Waals surface area contributed by atoms with Crippen LogP contribution >= 0.6 is 0 Å². The molecular formula is C30H30FN7O3. The smallest absolute Gasteiger partial charge is 0.261 e. The quantitative estimate of drug-likeness (QED) is 0.354. The summed E-state index contributed by atoms with van der Waals surface area (Å²) in [5.41, 5.74) is 10.3. The van der Waals surface area contributed by atoms with Gasteiger partial charge in [0.15, 0.2) is 5.82 Å². The number of hydrogen-bond donors (Lipinski definition) is 2. The third-order valence-electron chi connectivity index (χ3n) is 8.14. The van der Waals surface area contributed by atoms with E-state index in [1.807, 2.05) is 16.9 Å². The van der Waals surface area contributed by atoms with Gasteiger partial charge in [-0.1, -0.05) is 18.2 Å². The van der Waals surface area contributed by atoms with E-state index in [-0.39, 0.29) is 24.2 Å². The fraction of sp³-hybridized carbons (Fsp3) is 0.367. The van der Waals surface area contributed by atoms with Crippen LogP contribution in [0.25, 0.3) is 11.4 Å². The molecule has 2 aromatic heterocycles. The van der Waals surface area contributed by atoms with Gasteiger partial charge >= 0.3 is 0 Å². The van der Waals surface area contributed by atoms with Crippen LogP contribution in [0.3, 0.4) is 0 Å². The first-order valence-electron chi connectivity index (χ1n) is 14.0. The molecule has 41 heavy (non-hydrogen) atoms. The molecule has 4 heterocycles. The van der Waals surface area contributed by atoms with E-state index >= 15 is 4.39 Å². The Morgan fingerprint density at radius 3 is 2.80 bits per heavy atom. The zero-order valence-electron chi connectivity index (χ0n) is 22.5. The highest BCUT2D eigenvalue weighted by Crippen LogP contribution is 2.42. The molecule has 2 aliphatic heterocycles. The van der Waals surface area contributed by atoms with Gasteiger partial charge in [-0.25, -0.2) is 9.37 Å². The fourth-order valence-electron chi connectivity index (χ4n) is 5.90. The third kappa shape index (κ3) is 4.85. The Morgan fingerprint density at radius 2 is 2.02 bits per heavy atom. The van der Waals surface area contributed by atoms with E-state index < -0.39 is 11.7 Å². The first-order chi connectivity index (χ1) is 20.0. The number of nitrogens with two attached hydrogens (primary N) is 1. The van der Waals surface area contributed by atoms with E-state index in [0.29, 0.717) is 60.4 Å². The maximum Gasteiger partial charge on any atom is 0.261 e. The number of nitrogens with zero attached hydrogens (tertiary/aromatic N) is 6. The Balaban J connectivity index is 1.19. The highest BCUT2D eigenvalue weighted by Gasteiger charge is 2.33. The topological polar surface area (TPSA) is 132 Å². The molecule has 10 nitrogen and oxygen atoms in total. The van der Waals surface area contributed by atoms with Crippen LogP contribution in [0.2, 0.25) is 0 Å². The monoisotopic (exact) mass is 555 g/mol. The van der Waals surface area contributed by atoms with Crippen LogP contribution in [0.1, 0.15) is 69.7 Å². The summed E-state index contributed by atoms with van der Waals surface area (Å²) in [4.78, 5) is 28.5. The molecule has 1 aliphatic carbocycles. The minimum absolute atomic E-state index is 0.0485. The molecule has 1 atom stereocenters. The third-order valence-corrected chi connectivity index (χ3v) is 8.14. The number of halogens is 1. The number of hydrogen-bond acceptors (Lipinski definition) is 8. The minimum Gasteiger partial charge on any atom is -0.392 e. The lowest BCUT2D eigenvalue weighted by Crippen LogP contribution is -2.39. The predicted octanol–water partition coefficient (Wildman–Crippen LogP) is 3.58. The van der Waals surface area contributed by atoms with Crippen molar-refractivity contribution in [1.29, 1.82) is 0 Å². The van der Waals surface area contributed by atoms with Crippen molar-refractivity contribution in [3.63, 3.8) is 0 Å². The van der Waals surface area contributed by atoms with Crippen LogP contribution in [0.4, 0.5) is 16.0 Å². The highest BCUT2D eigenvalue weighted by molar-refractivity contribution is 6.09. The molecule has 2 fully saturated rings. The van der Waals surface area contributed by atoms with E-state index in [1.165, 1.54) is 11.0 Å². The summed E-state index contributed by atoms with van der Waals surface area (Å²) in [6.45, 7) is 1.37. The normalized spacial score (nSPS) is 18.6. The molecular weight excluding hydrogens is 525 g/mol. The standard InChI is InChI=1S/C30H30FN7O3/c31-24-12-20(18-4-5-18)11-19-6-8-37(29(40)27(19)24)25-3-1-2-22(23(25)15-39)28-34-26(35-30(32)36-28)10-17-13-33-38(14-17)21-7-9-41-16-21/h1-3,11-14,18,21,39H,4-10,15-16H2,(H2,32,34,35,36)/t21-/m1/s1. The average Bonchev–Trinajstić information content (AvgIpc) is 3.47. The van der Waals surface area contributed by atoms with Crippen LogP contribution in [-0.2, 0) is 24.2 Å². The maximum atomic E-state index is 15.2. The summed E-state index contributed by atoms with van der Waals surface area (Å²) in [6.07, 6.45) is 7.71. The van der Waals surface area contributed by atoms with Crippen molar-refractivity contribution in [2.45, 2.75) is 50.7 Å².